The summed E-state index contributed by atoms with van der Waals surface area (Å²) in [6.07, 6.45) is 2.77. The molecule has 29 heavy (non-hydrogen) atoms. The maximum atomic E-state index is 12.7. The van der Waals surface area contributed by atoms with Gasteiger partial charge >= 0.3 is 5.69 Å². The third-order valence-electron chi connectivity index (χ3n) is 4.75. The van der Waals surface area contributed by atoms with Crippen LogP contribution in [0, 0.1) is 0 Å². The number of nitrogens with one attached hydrogen (secondary N) is 1. The van der Waals surface area contributed by atoms with Crippen molar-refractivity contribution in [3.8, 4) is 22.8 Å². The van der Waals surface area contributed by atoms with E-state index in [1.54, 1.807) is 30.3 Å². The van der Waals surface area contributed by atoms with Gasteiger partial charge in [-0.15, -0.1) is 0 Å². The summed E-state index contributed by atoms with van der Waals surface area (Å²) < 4.78 is 6.61. The van der Waals surface area contributed by atoms with Crippen LogP contribution in [0.4, 0.5) is 0 Å². The molecule has 0 fully saturated rings. The Balaban J connectivity index is 1.72. The van der Waals surface area contributed by atoms with Crippen molar-refractivity contribution >= 4 is 22.5 Å². The van der Waals surface area contributed by atoms with Crippen LogP contribution >= 0.6 is 11.6 Å². The number of H-pyrrole nitrogens is 1. The monoisotopic (exact) mass is 410 g/mol. The van der Waals surface area contributed by atoms with Crippen LogP contribution < -0.4 is 11.2 Å². The average molecular weight is 411 g/mol. The smallest absolute Gasteiger partial charge is 0.328 e. The first kappa shape index (κ1) is 19.1. The number of benzene rings is 2. The molecule has 0 unspecified atom stereocenters. The van der Waals surface area contributed by atoms with Crippen molar-refractivity contribution < 1.29 is 4.52 Å². The molecule has 0 amide bonds. The fraction of sp³-hybridized carbons (Fsp3) is 0.238. The molecule has 8 heteroatoms. The fourth-order valence-electron chi connectivity index (χ4n) is 3.20. The predicted molar refractivity (Wildman–Crippen MR) is 112 cm³/mol. The van der Waals surface area contributed by atoms with E-state index in [1.807, 2.05) is 12.1 Å². The van der Waals surface area contributed by atoms with Crippen LogP contribution in [0.1, 0.15) is 26.2 Å². The molecule has 0 saturated heterocycles. The molecule has 1 N–H and O–H groups in total. The van der Waals surface area contributed by atoms with Gasteiger partial charge in [-0.3, -0.25) is 9.36 Å². The number of unbranched alkanes of at least 4 members (excludes halogenated alkanes) is 2. The van der Waals surface area contributed by atoms with E-state index in [0.717, 1.165) is 19.3 Å². The summed E-state index contributed by atoms with van der Waals surface area (Å²) >= 11 is 6.19. The minimum absolute atomic E-state index is 0.273. The fourth-order valence-corrected chi connectivity index (χ4v) is 3.42. The van der Waals surface area contributed by atoms with Gasteiger partial charge < -0.3 is 9.51 Å². The van der Waals surface area contributed by atoms with Gasteiger partial charge in [-0.2, -0.15) is 4.98 Å². The zero-order valence-corrected chi connectivity index (χ0v) is 16.6. The molecule has 4 aromatic rings. The second-order valence-electron chi connectivity index (χ2n) is 6.76. The molecular weight excluding hydrogens is 392 g/mol. The van der Waals surface area contributed by atoms with Gasteiger partial charge in [0, 0.05) is 17.7 Å². The molecule has 0 aliphatic heterocycles. The minimum Gasteiger partial charge on any atom is -0.334 e. The number of aromatic amines is 1. The predicted octanol–water partition coefficient (Wildman–Crippen LogP) is 4.25. The largest absolute Gasteiger partial charge is 0.334 e. The first-order valence-corrected chi connectivity index (χ1v) is 9.82. The molecule has 2 heterocycles. The number of aromatic nitrogens is 4. The van der Waals surface area contributed by atoms with E-state index < -0.39 is 5.69 Å². The number of hydrogen-bond donors (Lipinski definition) is 1. The van der Waals surface area contributed by atoms with E-state index in [1.165, 1.54) is 4.57 Å². The Morgan fingerprint density at radius 2 is 1.97 bits per heavy atom. The van der Waals surface area contributed by atoms with E-state index in [-0.39, 0.29) is 11.4 Å². The molecule has 7 nitrogen and oxygen atoms in total. The van der Waals surface area contributed by atoms with Crippen LogP contribution in [0.3, 0.4) is 0 Å². The van der Waals surface area contributed by atoms with Gasteiger partial charge in [0.25, 0.3) is 11.4 Å². The number of rotatable bonds is 6. The van der Waals surface area contributed by atoms with Crippen molar-refractivity contribution in [3.05, 3.63) is 68.3 Å². The lowest BCUT2D eigenvalue weighted by Crippen LogP contribution is -2.35. The lowest BCUT2D eigenvalue weighted by atomic mass is 10.1. The summed E-state index contributed by atoms with van der Waals surface area (Å²) in [5, 5.41) is 4.95. The third kappa shape index (κ3) is 3.73. The number of nitrogens with zero attached hydrogens (tertiary/aromatic N) is 3. The summed E-state index contributed by atoms with van der Waals surface area (Å²) in [6.45, 7) is 2.48. The van der Waals surface area contributed by atoms with Crippen LogP contribution in [0.25, 0.3) is 33.7 Å². The molecule has 148 valence electrons. The summed E-state index contributed by atoms with van der Waals surface area (Å²) in [5.41, 5.74) is 0.976. The highest BCUT2D eigenvalue weighted by Crippen LogP contribution is 2.28. The molecule has 2 aromatic carbocycles. The number of hydrogen-bond acceptors (Lipinski definition) is 5. The Kier molecular flexibility index (Phi) is 5.31. The zero-order valence-electron chi connectivity index (χ0n) is 15.8. The number of fused-ring (bicyclic) bond motifs is 1. The van der Waals surface area contributed by atoms with Crippen LogP contribution in [0.15, 0.2) is 56.6 Å². The zero-order chi connectivity index (χ0) is 20.4. The maximum absolute atomic E-state index is 12.7. The molecule has 4 rings (SSSR count). The van der Waals surface area contributed by atoms with Crippen molar-refractivity contribution in [2.24, 2.45) is 0 Å². The molecule has 0 aliphatic carbocycles. The quantitative estimate of drug-likeness (QED) is 0.479. The van der Waals surface area contributed by atoms with Crippen molar-refractivity contribution in [1.29, 1.82) is 0 Å². The Morgan fingerprint density at radius 1 is 1.14 bits per heavy atom. The van der Waals surface area contributed by atoms with Crippen LogP contribution in [-0.2, 0) is 6.54 Å². The second kappa shape index (κ2) is 8.05. The summed E-state index contributed by atoms with van der Waals surface area (Å²) in [5.74, 6) is 0.639. The van der Waals surface area contributed by atoms with E-state index in [4.69, 9.17) is 16.1 Å². The standard InChI is InChI=1S/C21H19ClN4O3/c1-2-3-6-11-26-20(27)15-10-9-13(12-17(15)23-21(26)28)19-24-18(25-29-19)14-7-4-5-8-16(14)22/h4-5,7-10,12H,2-3,6,11H2,1H3,(H,23,28). The molecule has 0 radical (unpaired) electrons. The molecule has 0 saturated carbocycles. The number of halogens is 1. The van der Waals surface area contributed by atoms with Crippen molar-refractivity contribution in [2.75, 3.05) is 0 Å². The highest BCUT2D eigenvalue weighted by molar-refractivity contribution is 6.33. The lowest BCUT2D eigenvalue weighted by Gasteiger charge is -2.06. The molecule has 0 spiro atoms. The maximum Gasteiger partial charge on any atom is 0.328 e. The summed E-state index contributed by atoms with van der Waals surface area (Å²) in [7, 11) is 0. The van der Waals surface area contributed by atoms with Gasteiger partial charge in [-0.1, -0.05) is 48.7 Å². The van der Waals surface area contributed by atoms with Gasteiger partial charge in [-0.25, -0.2) is 4.79 Å². The second-order valence-corrected chi connectivity index (χ2v) is 7.16. The van der Waals surface area contributed by atoms with E-state index in [2.05, 4.69) is 22.0 Å². The van der Waals surface area contributed by atoms with E-state index in [0.29, 0.717) is 39.4 Å². The Labute approximate surface area is 171 Å². The van der Waals surface area contributed by atoms with Crippen molar-refractivity contribution in [2.45, 2.75) is 32.7 Å². The van der Waals surface area contributed by atoms with E-state index >= 15 is 0 Å². The summed E-state index contributed by atoms with van der Waals surface area (Å²) in [4.78, 5) is 32.2. The SMILES string of the molecule is CCCCCn1c(=O)[nH]c2cc(-c3nc(-c4ccccc4Cl)no3)ccc2c1=O. The molecule has 0 bridgehead atoms. The molecule has 0 aliphatic rings. The molecule has 2 aromatic heterocycles. The molecule has 0 atom stereocenters. The van der Waals surface area contributed by atoms with Gasteiger partial charge in [0.1, 0.15) is 0 Å². The Hall–Kier alpha value is -3.19. The lowest BCUT2D eigenvalue weighted by molar-refractivity contribution is 0.432. The molecular formula is C21H19ClN4O3. The van der Waals surface area contributed by atoms with Crippen LogP contribution in [0.5, 0.6) is 0 Å². The van der Waals surface area contributed by atoms with Gasteiger partial charge in [0.2, 0.25) is 5.82 Å². The van der Waals surface area contributed by atoms with Crippen molar-refractivity contribution in [3.63, 3.8) is 0 Å². The van der Waals surface area contributed by atoms with Crippen LogP contribution in [-0.4, -0.2) is 19.7 Å². The van der Waals surface area contributed by atoms with Crippen LogP contribution in [0.2, 0.25) is 5.02 Å². The average Bonchev–Trinajstić information content (AvgIpc) is 3.20. The highest BCUT2D eigenvalue weighted by atomic mass is 35.5. The van der Waals surface area contributed by atoms with E-state index in [9.17, 15) is 9.59 Å². The van der Waals surface area contributed by atoms with Gasteiger partial charge in [0.15, 0.2) is 0 Å². The first-order valence-electron chi connectivity index (χ1n) is 9.44. The minimum atomic E-state index is -0.418. The Morgan fingerprint density at radius 3 is 2.76 bits per heavy atom. The topological polar surface area (TPSA) is 93.8 Å². The first-order chi connectivity index (χ1) is 14.1. The normalized spacial score (nSPS) is 11.2. The van der Waals surface area contributed by atoms with Gasteiger partial charge in [0.05, 0.1) is 15.9 Å². The third-order valence-corrected chi connectivity index (χ3v) is 5.08. The van der Waals surface area contributed by atoms with Crippen molar-refractivity contribution in [1.82, 2.24) is 19.7 Å². The summed E-state index contributed by atoms with van der Waals surface area (Å²) in [6, 6.07) is 12.3. The van der Waals surface area contributed by atoms with Gasteiger partial charge in [-0.05, 0) is 36.8 Å². The Bertz CT molecular complexity index is 1290. The highest BCUT2D eigenvalue weighted by Gasteiger charge is 2.15.